The van der Waals surface area contributed by atoms with Crippen LogP contribution in [0.3, 0.4) is 0 Å². The lowest BCUT2D eigenvalue weighted by Gasteiger charge is -2.33. The molecule has 6 rings (SSSR count). The summed E-state index contributed by atoms with van der Waals surface area (Å²) in [5.74, 6) is 0.125. The number of anilines is 3. The zero-order chi connectivity index (χ0) is 30.3. The molecule has 0 saturated carbocycles. The summed E-state index contributed by atoms with van der Waals surface area (Å²) in [4.78, 5) is 43.8. The summed E-state index contributed by atoms with van der Waals surface area (Å²) in [5.41, 5.74) is 0.00758. The summed E-state index contributed by atoms with van der Waals surface area (Å²) in [6, 6.07) is 8.49. The molecule has 2 N–H and O–H groups in total. The lowest BCUT2D eigenvalue weighted by Crippen LogP contribution is -2.43. The standard InChI is InChI=1S/C30H34FN7O5/c1-5-37-16-30(2,3)43-26-24(27(37)39)25(35-28(36-26)38-14-18-10-11-19(15-38)42-18)17-9-12-21(20(31)13-17)32-29(40)34-22-7-6-8-23(33-22)41-4/h6-9,12-13,18-19H,5,10-11,14-16H2,1-4H3,(H2,32,33,34,40). The molecule has 43 heavy (non-hydrogen) atoms. The number of methoxy groups -OCH3 is 1. The summed E-state index contributed by atoms with van der Waals surface area (Å²) in [7, 11) is 1.47. The second-order valence-corrected chi connectivity index (χ2v) is 11.4. The number of morpholine rings is 1. The summed E-state index contributed by atoms with van der Waals surface area (Å²) in [6.45, 7) is 7.73. The number of urea groups is 1. The maximum absolute atomic E-state index is 15.5. The second kappa shape index (κ2) is 11.3. The van der Waals surface area contributed by atoms with Gasteiger partial charge >= 0.3 is 6.03 Å². The monoisotopic (exact) mass is 591 g/mol. The molecule has 0 aliphatic carbocycles. The molecule has 2 fully saturated rings. The number of nitrogens with zero attached hydrogens (tertiary/aromatic N) is 5. The fraction of sp³-hybridized carbons (Fsp3) is 0.433. The van der Waals surface area contributed by atoms with Crippen LogP contribution < -0.4 is 25.0 Å². The minimum absolute atomic E-state index is 0.0619. The number of halogens is 1. The van der Waals surface area contributed by atoms with Crippen molar-refractivity contribution in [2.24, 2.45) is 0 Å². The number of aromatic nitrogens is 3. The van der Waals surface area contributed by atoms with Gasteiger partial charge in [-0.1, -0.05) is 12.1 Å². The number of hydrogen-bond donors (Lipinski definition) is 2. The van der Waals surface area contributed by atoms with E-state index in [1.807, 2.05) is 25.7 Å². The van der Waals surface area contributed by atoms with Gasteiger partial charge in [0.2, 0.25) is 17.7 Å². The first-order valence-electron chi connectivity index (χ1n) is 14.3. The van der Waals surface area contributed by atoms with Crippen molar-refractivity contribution < 1.29 is 28.2 Å². The maximum atomic E-state index is 15.5. The fourth-order valence-electron chi connectivity index (χ4n) is 5.69. The van der Waals surface area contributed by atoms with E-state index in [-0.39, 0.29) is 46.8 Å². The first kappa shape index (κ1) is 28.6. The van der Waals surface area contributed by atoms with Crippen LogP contribution in [-0.4, -0.2) is 82.9 Å². The van der Waals surface area contributed by atoms with Crippen molar-refractivity contribution in [1.29, 1.82) is 0 Å². The summed E-state index contributed by atoms with van der Waals surface area (Å²) in [5, 5.41) is 5.06. The molecule has 2 atom stereocenters. The first-order chi connectivity index (χ1) is 20.6. The quantitative estimate of drug-likeness (QED) is 0.430. The molecule has 13 heteroatoms. The smallest absolute Gasteiger partial charge is 0.324 e. The molecule has 2 unspecified atom stereocenters. The third-order valence-corrected chi connectivity index (χ3v) is 7.68. The van der Waals surface area contributed by atoms with Gasteiger partial charge in [0.15, 0.2) is 0 Å². The predicted octanol–water partition coefficient (Wildman–Crippen LogP) is 4.33. The van der Waals surface area contributed by atoms with Gasteiger partial charge in [-0.15, -0.1) is 0 Å². The average molecular weight is 592 g/mol. The highest BCUT2D eigenvalue weighted by molar-refractivity contribution is 6.03. The summed E-state index contributed by atoms with van der Waals surface area (Å²) >= 11 is 0. The number of hydrogen-bond acceptors (Lipinski definition) is 9. The highest BCUT2D eigenvalue weighted by Crippen LogP contribution is 2.38. The minimum atomic E-state index is -0.714. The van der Waals surface area contributed by atoms with Crippen LogP contribution in [0.5, 0.6) is 11.8 Å². The number of fused-ring (bicyclic) bond motifs is 3. The van der Waals surface area contributed by atoms with E-state index in [1.165, 1.54) is 19.2 Å². The lowest BCUT2D eigenvalue weighted by atomic mass is 10.0. The Kier molecular flexibility index (Phi) is 7.50. The molecule has 1 aromatic carbocycles. The summed E-state index contributed by atoms with van der Waals surface area (Å²) < 4.78 is 32.9. The Morgan fingerprint density at radius 3 is 2.58 bits per heavy atom. The molecule has 3 aromatic rings. The van der Waals surface area contributed by atoms with E-state index in [0.717, 1.165) is 12.8 Å². The number of carbonyl (C=O) groups excluding carboxylic acids is 2. The number of pyridine rings is 1. The van der Waals surface area contributed by atoms with Gasteiger partial charge in [-0.25, -0.2) is 14.2 Å². The molecular formula is C30H34FN7O5. The van der Waals surface area contributed by atoms with Crippen molar-refractivity contribution in [1.82, 2.24) is 19.9 Å². The zero-order valence-electron chi connectivity index (χ0n) is 24.5. The van der Waals surface area contributed by atoms with E-state index in [9.17, 15) is 9.59 Å². The van der Waals surface area contributed by atoms with Gasteiger partial charge < -0.3 is 29.3 Å². The van der Waals surface area contributed by atoms with Crippen LogP contribution >= 0.6 is 0 Å². The Morgan fingerprint density at radius 2 is 1.88 bits per heavy atom. The molecule has 2 aromatic heterocycles. The molecule has 226 valence electrons. The van der Waals surface area contributed by atoms with E-state index in [1.54, 1.807) is 29.2 Å². The van der Waals surface area contributed by atoms with E-state index >= 15 is 4.39 Å². The predicted molar refractivity (Wildman–Crippen MR) is 157 cm³/mol. The Morgan fingerprint density at radius 1 is 1.12 bits per heavy atom. The first-order valence-corrected chi connectivity index (χ1v) is 14.3. The van der Waals surface area contributed by atoms with Gasteiger partial charge in [-0.2, -0.15) is 9.97 Å². The third kappa shape index (κ3) is 5.89. The van der Waals surface area contributed by atoms with Crippen molar-refractivity contribution >= 4 is 29.4 Å². The van der Waals surface area contributed by atoms with Crippen molar-refractivity contribution in [2.45, 2.75) is 51.4 Å². The Balaban J connectivity index is 1.35. The molecule has 2 bridgehead atoms. The molecule has 3 amide bonds. The van der Waals surface area contributed by atoms with Gasteiger partial charge in [-0.05, 0) is 51.8 Å². The van der Waals surface area contributed by atoms with Crippen LogP contribution in [0.4, 0.5) is 26.6 Å². The molecule has 12 nitrogen and oxygen atoms in total. The number of rotatable bonds is 6. The maximum Gasteiger partial charge on any atom is 0.324 e. The fourth-order valence-corrected chi connectivity index (χ4v) is 5.69. The number of ether oxygens (including phenoxy) is 3. The van der Waals surface area contributed by atoms with Gasteiger partial charge in [0.1, 0.15) is 22.8 Å². The van der Waals surface area contributed by atoms with Crippen LogP contribution in [0, 0.1) is 5.82 Å². The SMILES string of the molecule is CCN1CC(C)(C)Oc2nc(N3CC4CCC(C3)O4)nc(-c3ccc(NC(=O)Nc4cccc(OC)n4)c(F)c3)c2C1=O. The number of carbonyl (C=O) groups is 2. The zero-order valence-corrected chi connectivity index (χ0v) is 24.5. The van der Waals surface area contributed by atoms with Crippen LogP contribution in [0.25, 0.3) is 11.3 Å². The highest BCUT2D eigenvalue weighted by Gasteiger charge is 2.39. The Labute approximate surface area is 248 Å². The van der Waals surface area contributed by atoms with Crippen LogP contribution in [0.1, 0.15) is 44.0 Å². The van der Waals surface area contributed by atoms with Crippen LogP contribution in [0.15, 0.2) is 36.4 Å². The highest BCUT2D eigenvalue weighted by atomic mass is 19.1. The number of amides is 3. The molecule has 2 saturated heterocycles. The Bertz CT molecular complexity index is 1560. The van der Waals surface area contributed by atoms with Crippen molar-refractivity contribution in [2.75, 3.05) is 48.8 Å². The summed E-state index contributed by atoms with van der Waals surface area (Å²) in [6.07, 6.45) is 2.10. The molecule has 5 heterocycles. The number of benzene rings is 1. The number of nitrogens with one attached hydrogen (secondary N) is 2. The van der Waals surface area contributed by atoms with E-state index < -0.39 is 17.4 Å². The minimum Gasteiger partial charge on any atom is -0.481 e. The lowest BCUT2D eigenvalue weighted by molar-refractivity contribution is 0.0297. The topological polar surface area (TPSA) is 131 Å². The van der Waals surface area contributed by atoms with Crippen LogP contribution in [-0.2, 0) is 4.74 Å². The molecule has 0 spiro atoms. The van der Waals surface area contributed by atoms with Gasteiger partial charge in [0.05, 0.1) is 37.2 Å². The van der Waals surface area contributed by atoms with Gasteiger partial charge in [0.25, 0.3) is 5.91 Å². The Hall–Kier alpha value is -4.52. The largest absolute Gasteiger partial charge is 0.481 e. The molecule has 0 radical (unpaired) electrons. The van der Waals surface area contributed by atoms with E-state index in [0.29, 0.717) is 43.6 Å². The van der Waals surface area contributed by atoms with Crippen molar-refractivity contribution in [3.63, 3.8) is 0 Å². The third-order valence-electron chi connectivity index (χ3n) is 7.68. The normalized spacial score (nSPS) is 20.6. The van der Waals surface area contributed by atoms with Crippen molar-refractivity contribution in [3.05, 3.63) is 47.8 Å². The molecule has 3 aliphatic rings. The van der Waals surface area contributed by atoms with Crippen molar-refractivity contribution in [3.8, 4) is 23.0 Å². The second-order valence-electron chi connectivity index (χ2n) is 11.4. The van der Waals surface area contributed by atoms with E-state index in [4.69, 9.17) is 24.2 Å². The molecule has 3 aliphatic heterocycles. The van der Waals surface area contributed by atoms with Gasteiger partial charge in [-0.3, -0.25) is 10.1 Å². The van der Waals surface area contributed by atoms with E-state index in [2.05, 4.69) is 15.6 Å². The average Bonchev–Trinajstić information content (AvgIpc) is 3.27. The van der Waals surface area contributed by atoms with Gasteiger partial charge in [0, 0.05) is 31.3 Å². The number of likely N-dealkylation sites (N-methyl/N-ethyl adjacent to an activating group) is 1. The van der Waals surface area contributed by atoms with Crippen LogP contribution in [0.2, 0.25) is 0 Å². The molecular weight excluding hydrogens is 557 g/mol.